The third-order valence-electron chi connectivity index (χ3n) is 4.32. The van der Waals surface area contributed by atoms with Gasteiger partial charge in [-0.15, -0.1) is 0 Å². The Morgan fingerprint density at radius 1 is 0.793 bits per heavy atom. The van der Waals surface area contributed by atoms with Crippen LogP contribution in [0.1, 0.15) is 21.5 Å². The molecule has 148 valence electrons. The van der Waals surface area contributed by atoms with E-state index >= 15 is 0 Å². The molecular formula is C23H22N2O3S. The second kappa shape index (κ2) is 8.75. The molecule has 3 rings (SSSR count). The third kappa shape index (κ3) is 5.12. The van der Waals surface area contributed by atoms with Gasteiger partial charge in [0.15, 0.2) is 5.03 Å². The van der Waals surface area contributed by atoms with Crippen molar-refractivity contribution in [1.29, 1.82) is 0 Å². The van der Waals surface area contributed by atoms with E-state index in [0.717, 1.165) is 11.1 Å². The van der Waals surface area contributed by atoms with Crippen LogP contribution in [-0.2, 0) is 9.84 Å². The summed E-state index contributed by atoms with van der Waals surface area (Å²) in [6.07, 6.45) is 1.31. The molecule has 0 fully saturated rings. The van der Waals surface area contributed by atoms with Gasteiger partial charge in [-0.1, -0.05) is 53.6 Å². The average molecular weight is 407 g/mol. The highest BCUT2D eigenvalue weighted by atomic mass is 32.2. The molecule has 0 unspecified atom stereocenters. The van der Waals surface area contributed by atoms with Gasteiger partial charge in [0.1, 0.15) is 0 Å². The number of hydrogen-bond donors (Lipinski definition) is 2. The number of amides is 1. The molecule has 0 aliphatic heterocycles. The highest BCUT2D eigenvalue weighted by molar-refractivity contribution is 7.95. The summed E-state index contributed by atoms with van der Waals surface area (Å²) in [6, 6.07) is 22.5. The first kappa shape index (κ1) is 20.4. The van der Waals surface area contributed by atoms with E-state index in [2.05, 4.69) is 10.6 Å². The monoisotopic (exact) mass is 406 g/mol. The molecule has 1 amide bonds. The van der Waals surface area contributed by atoms with Crippen molar-refractivity contribution in [3.8, 4) is 0 Å². The van der Waals surface area contributed by atoms with E-state index in [-0.39, 0.29) is 9.92 Å². The first-order valence-electron chi connectivity index (χ1n) is 9.08. The van der Waals surface area contributed by atoms with E-state index in [9.17, 15) is 13.2 Å². The number of hydrogen-bond acceptors (Lipinski definition) is 4. The molecule has 0 atom stereocenters. The van der Waals surface area contributed by atoms with Crippen molar-refractivity contribution in [3.05, 3.63) is 107 Å². The van der Waals surface area contributed by atoms with Crippen molar-refractivity contribution in [2.24, 2.45) is 0 Å². The Hall–Kier alpha value is -3.38. The summed E-state index contributed by atoms with van der Waals surface area (Å²) in [4.78, 5) is 12.7. The summed E-state index contributed by atoms with van der Waals surface area (Å²) >= 11 is 0. The largest absolute Gasteiger partial charge is 0.359 e. The second-order valence-corrected chi connectivity index (χ2v) is 8.57. The fourth-order valence-corrected chi connectivity index (χ4v) is 3.79. The SMILES string of the molecule is Cc1ccc(N/C=C(\NC(=O)c2ccccc2)S(=O)(=O)c2ccc(C)cc2)cc1. The van der Waals surface area contributed by atoms with E-state index in [1.54, 1.807) is 42.5 Å². The molecular weight excluding hydrogens is 384 g/mol. The molecule has 2 N–H and O–H groups in total. The number of carbonyl (C=O) groups excluding carboxylic acids is 1. The second-order valence-electron chi connectivity index (χ2n) is 6.66. The molecule has 6 heteroatoms. The van der Waals surface area contributed by atoms with Crippen molar-refractivity contribution in [1.82, 2.24) is 5.32 Å². The minimum absolute atomic E-state index is 0.105. The Balaban J connectivity index is 1.95. The van der Waals surface area contributed by atoms with Gasteiger partial charge in [0.05, 0.1) is 4.90 Å². The zero-order valence-corrected chi connectivity index (χ0v) is 17.0. The standard InChI is InChI=1S/C23H22N2O3S/c1-17-8-12-20(13-9-17)24-16-22(25-23(26)19-6-4-3-5-7-19)29(27,28)21-14-10-18(2)11-15-21/h3-16,24H,1-2H3,(H,25,26)/b22-16+. The van der Waals surface area contributed by atoms with Crippen LogP contribution in [0.4, 0.5) is 5.69 Å². The van der Waals surface area contributed by atoms with Gasteiger partial charge >= 0.3 is 0 Å². The van der Waals surface area contributed by atoms with Crippen LogP contribution >= 0.6 is 0 Å². The summed E-state index contributed by atoms with van der Waals surface area (Å²) in [7, 11) is -3.93. The smallest absolute Gasteiger partial charge is 0.256 e. The molecule has 0 bridgehead atoms. The number of carbonyl (C=O) groups is 1. The van der Waals surface area contributed by atoms with E-state index in [4.69, 9.17) is 0 Å². The van der Waals surface area contributed by atoms with Crippen LogP contribution in [0.5, 0.6) is 0 Å². The van der Waals surface area contributed by atoms with Crippen molar-refractivity contribution in [2.45, 2.75) is 18.7 Å². The van der Waals surface area contributed by atoms with Gasteiger partial charge < -0.3 is 10.6 Å². The lowest BCUT2D eigenvalue weighted by atomic mass is 10.2. The Bertz CT molecular complexity index is 1120. The Morgan fingerprint density at radius 2 is 1.34 bits per heavy atom. The van der Waals surface area contributed by atoms with Crippen LogP contribution in [0, 0.1) is 13.8 Å². The molecule has 0 spiro atoms. The molecule has 3 aromatic rings. The zero-order valence-electron chi connectivity index (χ0n) is 16.2. The minimum Gasteiger partial charge on any atom is -0.359 e. The van der Waals surface area contributed by atoms with Gasteiger partial charge in [-0.05, 0) is 50.2 Å². The maximum absolute atomic E-state index is 13.2. The highest BCUT2D eigenvalue weighted by Crippen LogP contribution is 2.19. The first-order chi connectivity index (χ1) is 13.9. The van der Waals surface area contributed by atoms with Crippen LogP contribution in [0.2, 0.25) is 0 Å². The van der Waals surface area contributed by atoms with Crippen LogP contribution in [0.15, 0.2) is 95.0 Å². The minimum atomic E-state index is -3.93. The van der Waals surface area contributed by atoms with E-state index in [1.165, 1.54) is 18.3 Å². The topological polar surface area (TPSA) is 75.3 Å². The molecule has 0 saturated carbocycles. The third-order valence-corrected chi connectivity index (χ3v) is 6.01. The lowest BCUT2D eigenvalue weighted by Crippen LogP contribution is -2.28. The van der Waals surface area contributed by atoms with Gasteiger partial charge in [-0.3, -0.25) is 4.79 Å². The van der Waals surface area contributed by atoms with E-state index in [0.29, 0.717) is 11.3 Å². The molecule has 0 aliphatic carbocycles. The molecule has 0 saturated heterocycles. The van der Waals surface area contributed by atoms with Gasteiger partial charge in [-0.2, -0.15) is 0 Å². The predicted molar refractivity (Wildman–Crippen MR) is 115 cm³/mol. The Kier molecular flexibility index (Phi) is 6.14. The zero-order chi connectivity index (χ0) is 20.9. The summed E-state index contributed by atoms with van der Waals surface area (Å²) < 4.78 is 26.3. The number of aryl methyl sites for hydroxylation is 2. The van der Waals surface area contributed by atoms with Gasteiger partial charge in [0, 0.05) is 17.5 Å². The number of rotatable bonds is 6. The first-order valence-corrected chi connectivity index (χ1v) is 10.6. The normalized spacial score (nSPS) is 11.7. The maximum atomic E-state index is 13.2. The van der Waals surface area contributed by atoms with Gasteiger partial charge in [0.2, 0.25) is 9.84 Å². The summed E-state index contributed by atoms with van der Waals surface area (Å²) in [5.41, 5.74) is 3.11. The van der Waals surface area contributed by atoms with E-state index in [1.807, 2.05) is 38.1 Å². The Morgan fingerprint density at radius 3 is 1.93 bits per heavy atom. The van der Waals surface area contributed by atoms with Crippen molar-refractivity contribution in [3.63, 3.8) is 0 Å². The summed E-state index contributed by atoms with van der Waals surface area (Å²) in [6.45, 7) is 3.84. The summed E-state index contributed by atoms with van der Waals surface area (Å²) in [5, 5.41) is 5.27. The number of sulfone groups is 1. The summed E-state index contributed by atoms with van der Waals surface area (Å²) in [5.74, 6) is -0.502. The highest BCUT2D eigenvalue weighted by Gasteiger charge is 2.23. The molecule has 29 heavy (non-hydrogen) atoms. The molecule has 0 aliphatic rings. The molecule has 0 heterocycles. The van der Waals surface area contributed by atoms with Crippen LogP contribution in [0.3, 0.4) is 0 Å². The fraction of sp³-hybridized carbons (Fsp3) is 0.0870. The Labute approximate surface area is 171 Å². The molecule has 0 aromatic heterocycles. The van der Waals surface area contributed by atoms with Crippen molar-refractivity contribution >= 4 is 21.4 Å². The lowest BCUT2D eigenvalue weighted by molar-refractivity contribution is 0.0968. The number of benzene rings is 3. The van der Waals surface area contributed by atoms with E-state index < -0.39 is 15.7 Å². The quantitative estimate of drug-likeness (QED) is 0.635. The molecule has 3 aromatic carbocycles. The van der Waals surface area contributed by atoms with Crippen LogP contribution in [0.25, 0.3) is 0 Å². The van der Waals surface area contributed by atoms with Crippen molar-refractivity contribution < 1.29 is 13.2 Å². The van der Waals surface area contributed by atoms with Gasteiger partial charge in [0.25, 0.3) is 5.91 Å². The molecule has 5 nitrogen and oxygen atoms in total. The predicted octanol–water partition coefficient (Wildman–Crippen LogP) is 4.42. The number of nitrogens with one attached hydrogen (secondary N) is 2. The number of anilines is 1. The van der Waals surface area contributed by atoms with Crippen LogP contribution < -0.4 is 10.6 Å². The lowest BCUT2D eigenvalue weighted by Gasteiger charge is -2.12. The average Bonchev–Trinajstić information content (AvgIpc) is 2.73. The molecule has 0 radical (unpaired) electrons. The van der Waals surface area contributed by atoms with Crippen LogP contribution in [-0.4, -0.2) is 14.3 Å². The maximum Gasteiger partial charge on any atom is 0.256 e. The fourth-order valence-electron chi connectivity index (χ4n) is 2.60. The van der Waals surface area contributed by atoms with Crippen molar-refractivity contribution in [2.75, 3.05) is 5.32 Å². The van der Waals surface area contributed by atoms with Gasteiger partial charge in [-0.25, -0.2) is 8.42 Å².